The van der Waals surface area contributed by atoms with Crippen LogP contribution in [0.15, 0.2) is 18.2 Å². The molecule has 7 heteroatoms. The van der Waals surface area contributed by atoms with Crippen LogP contribution in [0.4, 0.5) is 11.4 Å². The topological polar surface area (TPSA) is 84.7 Å². The van der Waals surface area contributed by atoms with Crippen molar-refractivity contribution in [2.75, 3.05) is 25.5 Å². The maximum atomic E-state index is 11.8. The molecule has 1 rings (SSSR count). The molecule has 0 aliphatic heterocycles. The summed E-state index contributed by atoms with van der Waals surface area (Å²) in [5.74, 6) is 0.0540. The fourth-order valence-electron chi connectivity index (χ4n) is 1.68. The van der Waals surface area contributed by atoms with Gasteiger partial charge in [-0.05, 0) is 32.9 Å². The Morgan fingerprint density at radius 2 is 2.14 bits per heavy atom. The van der Waals surface area contributed by atoms with Crippen LogP contribution in [0.5, 0.6) is 5.75 Å². The number of nitro benzene ring substituents is 1. The average Bonchev–Trinajstić information content (AvgIpc) is 2.42. The molecule has 0 aromatic heterocycles. The van der Waals surface area contributed by atoms with Crippen LogP contribution in [0, 0.1) is 10.1 Å². The lowest BCUT2D eigenvalue weighted by molar-refractivity contribution is -0.385. The highest BCUT2D eigenvalue weighted by atomic mass is 16.6. The van der Waals surface area contributed by atoms with E-state index in [2.05, 4.69) is 5.32 Å². The summed E-state index contributed by atoms with van der Waals surface area (Å²) in [6, 6.07) is 4.76. The van der Waals surface area contributed by atoms with Gasteiger partial charge in [-0.15, -0.1) is 0 Å². The monoisotopic (exact) mass is 295 g/mol. The largest absolute Gasteiger partial charge is 0.484 e. The van der Waals surface area contributed by atoms with E-state index in [4.69, 9.17) is 4.74 Å². The molecule has 1 aromatic rings. The molecule has 0 bridgehead atoms. The third-order valence-electron chi connectivity index (χ3n) is 2.87. The van der Waals surface area contributed by atoms with Crippen molar-refractivity contribution in [2.45, 2.75) is 26.9 Å². The van der Waals surface area contributed by atoms with Crippen LogP contribution in [0.3, 0.4) is 0 Å². The highest BCUT2D eigenvalue weighted by Crippen LogP contribution is 2.35. The number of nitro groups is 1. The lowest BCUT2D eigenvalue weighted by Crippen LogP contribution is -2.32. The van der Waals surface area contributed by atoms with E-state index in [1.807, 2.05) is 6.92 Å². The van der Waals surface area contributed by atoms with Gasteiger partial charge >= 0.3 is 5.69 Å². The Kier molecular flexibility index (Phi) is 5.95. The Morgan fingerprint density at radius 3 is 2.67 bits per heavy atom. The van der Waals surface area contributed by atoms with Crippen molar-refractivity contribution < 1.29 is 14.5 Å². The van der Waals surface area contributed by atoms with Crippen LogP contribution in [0.25, 0.3) is 0 Å². The van der Waals surface area contributed by atoms with E-state index in [9.17, 15) is 14.9 Å². The molecule has 1 amide bonds. The van der Waals surface area contributed by atoms with Gasteiger partial charge in [-0.2, -0.15) is 0 Å². The zero-order valence-electron chi connectivity index (χ0n) is 12.8. The molecule has 0 fully saturated rings. The summed E-state index contributed by atoms with van der Waals surface area (Å²) in [7, 11) is 1.68. The molecular formula is C14H21N3O4. The van der Waals surface area contributed by atoms with E-state index in [1.165, 1.54) is 4.90 Å². The fourth-order valence-corrected chi connectivity index (χ4v) is 1.68. The Morgan fingerprint density at radius 1 is 1.48 bits per heavy atom. The predicted octanol–water partition coefficient (Wildman–Crippen LogP) is 2.27. The van der Waals surface area contributed by atoms with E-state index >= 15 is 0 Å². The molecule has 0 saturated carbocycles. The number of carbonyl (C=O) groups excluding carboxylic acids is 1. The first-order chi connectivity index (χ1) is 9.86. The molecule has 116 valence electrons. The number of ether oxygens (including phenoxy) is 1. The Hall–Kier alpha value is -2.31. The number of hydrogen-bond donors (Lipinski definition) is 1. The van der Waals surface area contributed by atoms with Gasteiger partial charge < -0.3 is 15.0 Å². The van der Waals surface area contributed by atoms with Gasteiger partial charge in [0.2, 0.25) is 5.91 Å². The molecule has 0 unspecified atom stereocenters. The molecule has 0 saturated heterocycles. The highest BCUT2D eigenvalue weighted by molar-refractivity contribution is 5.82. The fraction of sp³-hybridized carbons (Fsp3) is 0.500. The van der Waals surface area contributed by atoms with Gasteiger partial charge in [0, 0.05) is 13.6 Å². The van der Waals surface area contributed by atoms with Gasteiger partial charge in [0.15, 0.2) is 5.75 Å². The van der Waals surface area contributed by atoms with Crippen molar-refractivity contribution in [1.29, 1.82) is 0 Å². The summed E-state index contributed by atoms with van der Waals surface area (Å²) in [6.45, 7) is 6.03. The Bertz CT molecular complexity index is 517. The SMILES string of the molecule is CCN(C)C(=O)CNc1cccc(OC(C)C)c1[N+](=O)[O-]. The molecule has 0 aliphatic rings. The van der Waals surface area contributed by atoms with E-state index in [-0.39, 0.29) is 35.7 Å². The summed E-state index contributed by atoms with van der Waals surface area (Å²) in [5, 5.41) is 14.1. The Balaban J connectivity index is 2.96. The van der Waals surface area contributed by atoms with E-state index in [1.54, 1.807) is 39.1 Å². The van der Waals surface area contributed by atoms with Crippen LogP contribution < -0.4 is 10.1 Å². The summed E-state index contributed by atoms with van der Waals surface area (Å²) < 4.78 is 5.45. The number of hydrogen-bond acceptors (Lipinski definition) is 5. The average molecular weight is 295 g/mol. The molecule has 1 N–H and O–H groups in total. The lowest BCUT2D eigenvalue weighted by atomic mass is 10.2. The normalized spacial score (nSPS) is 10.3. The maximum absolute atomic E-state index is 11.8. The van der Waals surface area contributed by atoms with Crippen LogP contribution in [-0.2, 0) is 4.79 Å². The first-order valence-corrected chi connectivity index (χ1v) is 6.78. The van der Waals surface area contributed by atoms with Crippen LogP contribution in [0.2, 0.25) is 0 Å². The first-order valence-electron chi connectivity index (χ1n) is 6.78. The van der Waals surface area contributed by atoms with E-state index in [0.717, 1.165) is 0 Å². The summed E-state index contributed by atoms with van der Waals surface area (Å²) >= 11 is 0. The van der Waals surface area contributed by atoms with Crippen molar-refractivity contribution in [2.24, 2.45) is 0 Å². The summed E-state index contributed by atoms with van der Waals surface area (Å²) in [4.78, 5) is 24.0. The number of carbonyl (C=O) groups is 1. The van der Waals surface area contributed by atoms with Crippen LogP contribution in [-0.4, -0.2) is 42.0 Å². The molecule has 7 nitrogen and oxygen atoms in total. The van der Waals surface area contributed by atoms with Gasteiger partial charge in [-0.1, -0.05) is 6.07 Å². The molecule has 0 aliphatic carbocycles. The summed E-state index contributed by atoms with van der Waals surface area (Å²) in [6.07, 6.45) is -0.174. The van der Waals surface area contributed by atoms with E-state index < -0.39 is 4.92 Å². The molecular weight excluding hydrogens is 274 g/mol. The second-order valence-electron chi connectivity index (χ2n) is 4.84. The van der Waals surface area contributed by atoms with Crippen molar-refractivity contribution in [3.8, 4) is 5.75 Å². The minimum Gasteiger partial charge on any atom is -0.484 e. The summed E-state index contributed by atoms with van der Waals surface area (Å²) in [5.41, 5.74) is 0.120. The van der Waals surface area contributed by atoms with Gasteiger partial charge in [0.05, 0.1) is 17.6 Å². The third kappa shape index (κ3) is 4.62. The van der Waals surface area contributed by atoms with Crippen molar-refractivity contribution in [3.63, 3.8) is 0 Å². The van der Waals surface area contributed by atoms with Crippen molar-refractivity contribution in [1.82, 2.24) is 4.90 Å². The number of amides is 1. The molecule has 1 aromatic carbocycles. The van der Waals surface area contributed by atoms with E-state index in [0.29, 0.717) is 6.54 Å². The number of benzene rings is 1. The van der Waals surface area contributed by atoms with Gasteiger partial charge in [0.1, 0.15) is 5.69 Å². The minimum absolute atomic E-state index is 0.00366. The number of nitrogens with zero attached hydrogens (tertiary/aromatic N) is 2. The number of nitrogens with one attached hydrogen (secondary N) is 1. The van der Waals surface area contributed by atoms with Crippen molar-refractivity contribution >= 4 is 17.3 Å². The van der Waals surface area contributed by atoms with Gasteiger partial charge in [-0.25, -0.2) is 0 Å². The van der Waals surface area contributed by atoms with Crippen molar-refractivity contribution in [3.05, 3.63) is 28.3 Å². The number of likely N-dealkylation sites (N-methyl/N-ethyl adjacent to an activating group) is 1. The molecule has 21 heavy (non-hydrogen) atoms. The zero-order valence-corrected chi connectivity index (χ0v) is 12.8. The molecule has 0 atom stereocenters. The Labute approximate surface area is 124 Å². The minimum atomic E-state index is -0.506. The second-order valence-corrected chi connectivity index (χ2v) is 4.84. The standard InChI is InChI=1S/C14H21N3O4/c1-5-16(4)13(18)9-15-11-7-6-8-12(21-10(2)3)14(11)17(19)20/h6-8,10,15H,5,9H2,1-4H3. The molecule has 0 heterocycles. The zero-order chi connectivity index (χ0) is 16.0. The molecule has 0 radical (unpaired) electrons. The number of rotatable bonds is 7. The smallest absolute Gasteiger partial charge is 0.333 e. The maximum Gasteiger partial charge on any atom is 0.333 e. The first kappa shape index (κ1) is 16.7. The molecule has 0 spiro atoms. The second kappa shape index (κ2) is 7.47. The lowest BCUT2D eigenvalue weighted by Gasteiger charge is -2.16. The highest BCUT2D eigenvalue weighted by Gasteiger charge is 2.22. The quantitative estimate of drug-likeness (QED) is 0.616. The van der Waals surface area contributed by atoms with Crippen LogP contribution >= 0.6 is 0 Å². The predicted molar refractivity (Wildman–Crippen MR) is 80.7 cm³/mol. The van der Waals surface area contributed by atoms with Crippen LogP contribution in [0.1, 0.15) is 20.8 Å². The number of anilines is 1. The third-order valence-corrected chi connectivity index (χ3v) is 2.87. The van der Waals surface area contributed by atoms with Gasteiger partial charge in [0.25, 0.3) is 0 Å². The van der Waals surface area contributed by atoms with Gasteiger partial charge in [-0.3, -0.25) is 14.9 Å². The number of para-hydroxylation sites is 1.